The van der Waals surface area contributed by atoms with E-state index in [4.69, 9.17) is 20.1 Å². The van der Waals surface area contributed by atoms with Crippen molar-refractivity contribution in [2.24, 2.45) is 0 Å². The van der Waals surface area contributed by atoms with Crippen LogP contribution < -0.4 is 21.8 Å². The molecule has 0 aliphatic carbocycles. The van der Waals surface area contributed by atoms with Crippen LogP contribution in [0.1, 0.15) is 20.7 Å². The molecule has 0 saturated heterocycles. The predicted molar refractivity (Wildman–Crippen MR) is 87.5 cm³/mol. The lowest BCUT2D eigenvalue weighted by molar-refractivity contribution is 0.0846. The fraction of sp³-hybridized carbons (Fsp3) is 0. The van der Waals surface area contributed by atoms with Crippen LogP contribution in [0.15, 0.2) is 48.5 Å². The third-order valence-electron chi connectivity index (χ3n) is 3.23. The van der Waals surface area contributed by atoms with E-state index in [0.29, 0.717) is 0 Å². The third-order valence-corrected chi connectivity index (χ3v) is 3.23. The molecule has 0 spiro atoms. The van der Waals surface area contributed by atoms with E-state index in [0.717, 1.165) is 0 Å². The highest BCUT2D eigenvalue weighted by molar-refractivity contribution is 6.58. The van der Waals surface area contributed by atoms with E-state index in [1.54, 1.807) is 0 Å². The molecule has 2 rings (SSSR count). The van der Waals surface area contributed by atoms with Crippen molar-refractivity contribution < 1.29 is 29.7 Å². The fourth-order valence-corrected chi connectivity index (χ4v) is 1.87. The maximum atomic E-state index is 11.9. The monoisotopic (exact) mass is 328 g/mol. The molecule has 0 aliphatic rings. The summed E-state index contributed by atoms with van der Waals surface area (Å²) in [6, 6.07) is 11.0. The summed E-state index contributed by atoms with van der Waals surface area (Å²) in [5.74, 6) is -1.16. The zero-order valence-corrected chi connectivity index (χ0v) is 12.4. The summed E-state index contributed by atoms with van der Waals surface area (Å²) in [5, 5.41) is 35.9. The Morgan fingerprint density at radius 3 is 1.17 bits per heavy atom. The second-order valence-electron chi connectivity index (χ2n) is 4.90. The first-order valence-electron chi connectivity index (χ1n) is 6.91. The van der Waals surface area contributed by atoms with Gasteiger partial charge in [-0.3, -0.25) is 20.4 Å². The minimum atomic E-state index is -1.62. The number of hydrazine groups is 1. The summed E-state index contributed by atoms with van der Waals surface area (Å²) in [6.45, 7) is 0. The summed E-state index contributed by atoms with van der Waals surface area (Å²) in [7, 11) is -3.25. The van der Waals surface area contributed by atoms with Crippen molar-refractivity contribution in [1.29, 1.82) is 0 Å². The highest BCUT2D eigenvalue weighted by Gasteiger charge is 2.14. The van der Waals surface area contributed by atoms with Gasteiger partial charge in [-0.2, -0.15) is 0 Å². The van der Waals surface area contributed by atoms with E-state index in [2.05, 4.69) is 10.9 Å². The number of amides is 2. The number of carbonyl (C=O) groups excluding carboxylic acids is 2. The third kappa shape index (κ3) is 4.43. The average molecular weight is 328 g/mol. The molecule has 0 bridgehead atoms. The van der Waals surface area contributed by atoms with Crippen molar-refractivity contribution >= 4 is 37.0 Å². The Labute approximate surface area is 138 Å². The molecule has 0 heterocycles. The maximum absolute atomic E-state index is 11.9. The molecule has 0 unspecified atom stereocenters. The van der Waals surface area contributed by atoms with Gasteiger partial charge in [0.15, 0.2) is 0 Å². The van der Waals surface area contributed by atoms with E-state index in [1.165, 1.54) is 48.5 Å². The maximum Gasteiger partial charge on any atom is 0.488 e. The summed E-state index contributed by atoms with van der Waals surface area (Å²) < 4.78 is 0. The van der Waals surface area contributed by atoms with Gasteiger partial charge in [0.05, 0.1) is 0 Å². The van der Waals surface area contributed by atoms with Crippen molar-refractivity contribution in [2.75, 3.05) is 0 Å². The molecule has 2 aromatic carbocycles. The van der Waals surface area contributed by atoms with Crippen LogP contribution in [0.2, 0.25) is 0 Å². The first-order chi connectivity index (χ1) is 11.4. The van der Waals surface area contributed by atoms with Crippen LogP contribution >= 0.6 is 0 Å². The largest absolute Gasteiger partial charge is 0.488 e. The minimum absolute atomic E-state index is 0.221. The van der Waals surface area contributed by atoms with Crippen molar-refractivity contribution in [3.63, 3.8) is 0 Å². The normalized spacial score (nSPS) is 10.0. The summed E-state index contributed by atoms with van der Waals surface area (Å²) in [5.41, 5.74) is 5.36. The quantitative estimate of drug-likeness (QED) is 0.263. The SMILES string of the molecule is O=C(NNC(=O)c1ccc(B(O)O)cc1)c1ccc(B(O)O)cc1. The topological polar surface area (TPSA) is 139 Å². The standard InChI is InChI=1S/C14H14B2N2O6/c19-13(9-1-5-11(6-2-9)15(21)22)17-18-14(20)10-3-7-12(8-4-10)16(23)24/h1-8,21-24H,(H,17,19)(H,18,20). The highest BCUT2D eigenvalue weighted by Crippen LogP contribution is 1.99. The smallest absolute Gasteiger partial charge is 0.423 e. The Balaban J connectivity index is 1.94. The Bertz CT molecular complexity index is 656. The van der Waals surface area contributed by atoms with Crippen LogP contribution in [0, 0.1) is 0 Å². The Kier molecular flexibility index (Phi) is 5.72. The van der Waals surface area contributed by atoms with Crippen LogP contribution in [-0.2, 0) is 0 Å². The van der Waals surface area contributed by atoms with E-state index >= 15 is 0 Å². The molecule has 0 saturated carbocycles. The van der Waals surface area contributed by atoms with Gasteiger partial charge in [-0.1, -0.05) is 24.3 Å². The summed E-state index contributed by atoms with van der Waals surface area (Å²) >= 11 is 0. The van der Waals surface area contributed by atoms with E-state index in [-0.39, 0.29) is 22.1 Å². The number of hydrogen-bond donors (Lipinski definition) is 6. The first-order valence-corrected chi connectivity index (χ1v) is 6.91. The van der Waals surface area contributed by atoms with Gasteiger partial charge in [0, 0.05) is 11.1 Å². The van der Waals surface area contributed by atoms with Gasteiger partial charge < -0.3 is 20.1 Å². The molecule has 8 nitrogen and oxygen atoms in total. The van der Waals surface area contributed by atoms with Crippen LogP contribution in [0.5, 0.6) is 0 Å². The molecule has 0 atom stereocenters. The van der Waals surface area contributed by atoms with Crippen LogP contribution in [-0.4, -0.2) is 46.1 Å². The molecule has 24 heavy (non-hydrogen) atoms. The molecule has 2 amide bonds. The van der Waals surface area contributed by atoms with E-state index < -0.39 is 26.1 Å². The molecule has 2 aromatic rings. The summed E-state index contributed by atoms with van der Waals surface area (Å²) in [4.78, 5) is 23.8. The van der Waals surface area contributed by atoms with Gasteiger partial charge in [-0.15, -0.1) is 0 Å². The zero-order valence-electron chi connectivity index (χ0n) is 12.4. The van der Waals surface area contributed by atoms with Crippen LogP contribution in [0.3, 0.4) is 0 Å². The Morgan fingerprint density at radius 2 is 0.917 bits per heavy atom. The molecule has 0 aromatic heterocycles. The Morgan fingerprint density at radius 1 is 0.625 bits per heavy atom. The molecule has 10 heteroatoms. The summed E-state index contributed by atoms with van der Waals surface area (Å²) in [6.07, 6.45) is 0. The fourth-order valence-electron chi connectivity index (χ4n) is 1.87. The second kappa shape index (κ2) is 7.75. The number of carbonyl (C=O) groups is 2. The number of benzene rings is 2. The molecule has 0 radical (unpaired) electrons. The molecule has 6 N–H and O–H groups in total. The van der Waals surface area contributed by atoms with Crippen LogP contribution in [0.25, 0.3) is 0 Å². The lowest BCUT2D eigenvalue weighted by Crippen LogP contribution is -2.42. The van der Waals surface area contributed by atoms with Gasteiger partial charge in [0.1, 0.15) is 0 Å². The van der Waals surface area contributed by atoms with Crippen LogP contribution in [0.4, 0.5) is 0 Å². The Hall–Kier alpha value is -2.65. The van der Waals surface area contributed by atoms with E-state index in [9.17, 15) is 9.59 Å². The molecular weight excluding hydrogens is 314 g/mol. The van der Waals surface area contributed by atoms with Gasteiger partial charge in [-0.05, 0) is 35.2 Å². The van der Waals surface area contributed by atoms with Crippen molar-refractivity contribution in [2.45, 2.75) is 0 Å². The molecular formula is C14H14B2N2O6. The molecule has 0 fully saturated rings. The van der Waals surface area contributed by atoms with Crippen molar-refractivity contribution in [1.82, 2.24) is 10.9 Å². The van der Waals surface area contributed by atoms with Gasteiger partial charge >= 0.3 is 14.2 Å². The van der Waals surface area contributed by atoms with Gasteiger partial charge in [0.25, 0.3) is 11.8 Å². The minimum Gasteiger partial charge on any atom is -0.423 e. The van der Waals surface area contributed by atoms with Gasteiger partial charge in [-0.25, -0.2) is 0 Å². The molecule has 122 valence electrons. The lowest BCUT2D eigenvalue weighted by atomic mass is 9.80. The van der Waals surface area contributed by atoms with Crippen molar-refractivity contribution in [3.8, 4) is 0 Å². The van der Waals surface area contributed by atoms with Gasteiger partial charge in [0.2, 0.25) is 0 Å². The number of nitrogens with one attached hydrogen (secondary N) is 2. The molecule has 0 aliphatic heterocycles. The predicted octanol–water partition coefficient (Wildman–Crippen LogP) is -2.88. The van der Waals surface area contributed by atoms with E-state index in [1.807, 2.05) is 0 Å². The number of rotatable bonds is 4. The lowest BCUT2D eigenvalue weighted by Gasteiger charge is -2.08. The first kappa shape index (κ1) is 17.7. The highest BCUT2D eigenvalue weighted by atomic mass is 16.4. The zero-order chi connectivity index (χ0) is 17.7. The number of hydrogen-bond acceptors (Lipinski definition) is 6. The second-order valence-corrected chi connectivity index (χ2v) is 4.90. The van der Waals surface area contributed by atoms with Crippen molar-refractivity contribution in [3.05, 3.63) is 59.7 Å². The average Bonchev–Trinajstić information content (AvgIpc) is 2.59.